The van der Waals surface area contributed by atoms with Gasteiger partial charge in [-0.2, -0.15) is 0 Å². The smallest absolute Gasteiger partial charge is 0.163 e. The van der Waals surface area contributed by atoms with Crippen molar-refractivity contribution in [3.63, 3.8) is 0 Å². The van der Waals surface area contributed by atoms with Gasteiger partial charge in [-0.05, 0) is 33.8 Å². The maximum absolute atomic E-state index is 11.5. The van der Waals surface area contributed by atoms with Gasteiger partial charge < -0.3 is 4.42 Å². The third-order valence-corrected chi connectivity index (χ3v) is 2.15. The van der Waals surface area contributed by atoms with E-state index in [1.165, 1.54) is 0 Å². The Hall–Kier alpha value is -1.57. The molecule has 0 aromatic carbocycles. The standard InChI is InChI=1S/C13H16O2/c1-5-7-11-12(8-6-2)15-10(4)13(11)9(3)14/h5-8H,1-4H3/b7-5+,8-6+. The SMILES string of the molecule is C/C=C/c1oc(C)c(C(C)=O)c1/C=C/C. The van der Waals surface area contributed by atoms with Crippen molar-refractivity contribution >= 4 is 17.9 Å². The van der Waals surface area contributed by atoms with Crippen LogP contribution in [0, 0.1) is 6.92 Å². The largest absolute Gasteiger partial charge is 0.461 e. The molecule has 2 heteroatoms. The van der Waals surface area contributed by atoms with E-state index >= 15 is 0 Å². The number of rotatable bonds is 3. The fraction of sp³-hybridized carbons (Fsp3) is 0.308. The van der Waals surface area contributed by atoms with E-state index in [-0.39, 0.29) is 5.78 Å². The van der Waals surface area contributed by atoms with Gasteiger partial charge in [-0.25, -0.2) is 0 Å². The van der Waals surface area contributed by atoms with E-state index in [2.05, 4.69) is 0 Å². The minimum atomic E-state index is 0.0418. The Labute approximate surface area is 90.3 Å². The van der Waals surface area contributed by atoms with Crippen LogP contribution in [0.4, 0.5) is 0 Å². The molecule has 15 heavy (non-hydrogen) atoms. The fourth-order valence-electron chi connectivity index (χ4n) is 1.63. The minimum Gasteiger partial charge on any atom is -0.461 e. The lowest BCUT2D eigenvalue weighted by molar-refractivity contribution is 0.101. The molecule has 1 heterocycles. The lowest BCUT2D eigenvalue weighted by Crippen LogP contribution is -1.94. The summed E-state index contributed by atoms with van der Waals surface area (Å²) in [5.74, 6) is 1.47. The number of allylic oxidation sites excluding steroid dienone is 2. The van der Waals surface area contributed by atoms with Crippen LogP contribution in [0.25, 0.3) is 12.2 Å². The highest BCUT2D eigenvalue weighted by Gasteiger charge is 2.16. The molecule has 0 saturated carbocycles. The first kappa shape index (κ1) is 11.5. The average Bonchev–Trinajstić information content (AvgIpc) is 2.44. The number of hydrogen-bond donors (Lipinski definition) is 0. The predicted octanol–water partition coefficient (Wildman–Crippen LogP) is 3.86. The molecule has 0 aliphatic heterocycles. The van der Waals surface area contributed by atoms with E-state index in [9.17, 15) is 4.79 Å². The molecule has 0 saturated heterocycles. The highest BCUT2D eigenvalue weighted by molar-refractivity contribution is 5.99. The van der Waals surface area contributed by atoms with Crippen molar-refractivity contribution < 1.29 is 9.21 Å². The second-order valence-corrected chi connectivity index (χ2v) is 3.37. The molecule has 0 aliphatic rings. The molecule has 0 bridgehead atoms. The molecule has 0 spiro atoms. The Morgan fingerprint density at radius 2 is 1.80 bits per heavy atom. The van der Waals surface area contributed by atoms with Gasteiger partial charge >= 0.3 is 0 Å². The molecule has 0 N–H and O–H groups in total. The summed E-state index contributed by atoms with van der Waals surface area (Å²) >= 11 is 0. The second-order valence-electron chi connectivity index (χ2n) is 3.37. The molecule has 1 aromatic heterocycles. The summed E-state index contributed by atoms with van der Waals surface area (Å²) in [4.78, 5) is 11.5. The Morgan fingerprint density at radius 1 is 1.20 bits per heavy atom. The maximum Gasteiger partial charge on any atom is 0.163 e. The zero-order chi connectivity index (χ0) is 11.4. The van der Waals surface area contributed by atoms with Crippen molar-refractivity contribution in [1.82, 2.24) is 0 Å². The molecule has 0 fully saturated rings. The Kier molecular flexibility index (Phi) is 3.67. The maximum atomic E-state index is 11.5. The predicted molar refractivity (Wildman–Crippen MR) is 62.9 cm³/mol. The quantitative estimate of drug-likeness (QED) is 0.700. The topological polar surface area (TPSA) is 30.2 Å². The molecule has 0 aliphatic carbocycles. The van der Waals surface area contributed by atoms with Crippen molar-refractivity contribution in [2.75, 3.05) is 0 Å². The van der Waals surface area contributed by atoms with Gasteiger partial charge in [0.05, 0.1) is 5.56 Å². The summed E-state index contributed by atoms with van der Waals surface area (Å²) in [6, 6.07) is 0. The fourth-order valence-corrected chi connectivity index (χ4v) is 1.63. The first-order valence-corrected chi connectivity index (χ1v) is 5.01. The third kappa shape index (κ3) is 2.27. The van der Waals surface area contributed by atoms with Gasteiger partial charge in [0.2, 0.25) is 0 Å². The van der Waals surface area contributed by atoms with Crippen molar-refractivity contribution in [2.45, 2.75) is 27.7 Å². The van der Waals surface area contributed by atoms with Gasteiger partial charge in [0.25, 0.3) is 0 Å². The van der Waals surface area contributed by atoms with Gasteiger partial charge in [-0.15, -0.1) is 0 Å². The van der Waals surface area contributed by atoms with Crippen LogP contribution >= 0.6 is 0 Å². The summed E-state index contributed by atoms with van der Waals surface area (Å²) < 4.78 is 5.54. The Morgan fingerprint density at radius 3 is 2.27 bits per heavy atom. The van der Waals surface area contributed by atoms with Crippen LogP contribution in [0.1, 0.15) is 48.2 Å². The summed E-state index contributed by atoms with van der Waals surface area (Å²) in [6.45, 7) is 7.22. The van der Waals surface area contributed by atoms with Crippen LogP contribution in [-0.2, 0) is 0 Å². The summed E-state index contributed by atoms with van der Waals surface area (Å²) in [7, 11) is 0. The first-order valence-electron chi connectivity index (χ1n) is 5.01. The van der Waals surface area contributed by atoms with E-state index in [4.69, 9.17) is 4.42 Å². The second kappa shape index (κ2) is 4.78. The molecule has 2 nitrogen and oxygen atoms in total. The van der Waals surface area contributed by atoms with Crippen LogP contribution in [0.2, 0.25) is 0 Å². The highest BCUT2D eigenvalue weighted by Crippen LogP contribution is 2.25. The molecule has 0 amide bonds. The lowest BCUT2D eigenvalue weighted by Gasteiger charge is -1.94. The third-order valence-electron chi connectivity index (χ3n) is 2.15. The normalized spacial score (nSPS) is 11.7. The van der Waals surface area contributed by atoms with Crippen molar-refractivity contribution in [3.8, 4) is 0 Å². The van der Waals surface area contributed by atoms with Crippen LogP contribution in [-0.4, -0.2) is 5.78 Å². The van der Waals surface area contributed by atoms with Crippen molar-refractivity contribution in [2.24, 2.45) is 0 Å². The number of carbonyl (C=O) groups excluding carboxylic acids is 1. The van der Waals surface area contributed by atoms with Crippen LogP contribution in [0.15, 0.2) is 16.6 Å². The van der Waals surface area contributed by atoms with Gasteiger partial charge in [-0.3, -0.25) is 4.79 Å². The minimum absolute atomic E-state index is 0.0418. The van der Waals surface area contributed by atoms with Crippen molar-refractivity contribution in [1.29, 1.82) is 0 Å². The molecular weight excluding hydrogens is 188 g/mol. The molecule has 0 radical (unpaired) electrons. The van der Waals surface area contributed by atoms with Gasteiger partial charge in [0, 0.05) is 5.56 Å². The number of carbonyl (C=O) groups is 1. The Balaban J connectivity index is 3.43. The molecule has 0 atom stereocenters. The van der Waals surface area contributed by atoms with E-state index in [0.29, 0.717) is 11.3 Å². The zero-order valence-electron chi connectivity index (χ0n) is 9.63. The van der Waals surface area contributed by atoms with Crippen LogP contribution in [0.3, 0.4) is 0 Å². The van der Waals surface area contributed by atoms with Gasteiger partial charge in [-0.1, -0.05) is 18.2 Å². The van der Waals surface area contributed by atoms with Crippen LogP contribution < -0.4 is 0 Å². The molecule has 80 valence electrons. The molecular formula is C13H16O2. The Bertz CT molecular complexity index is 420. The molecule has 0 unspecified atom stereocenters. The average molecular weight is 204 g/mol. The summed E-state index contributed by atoms with van der Waals surface area (Å²) in [5.41, 5.74) is 1.56. The summed E-state index contributed by atoms with van der Waals surface area (Å²) in [5, 5.41) is 0. The first-order chi connectivity index (χ1) is 7.11. The summed E-state index contributed by atoms with van der Waals surface area (Å²) in [6.07, 6.45) is 7.58. The van der Waals surface area contributed by atoms with E-state index in [1.807, 2.05) is 45.1 Å². The molecule has 1 rings (SSSR count). The van der Waals surface area contributed by atoms with Crippen LogP contribution in [0.5, 0.6) is 0 Å². The van der Waals surface area contributed by atoms with Gasteiger partial charge in [0.15, 0.2) is 5.78 Å². The zero-order valence-corrected chi connectivity index (χ0v) is 9.63. The monoisotopic (exact) mass is 204 g/mol. The number of Topliss-reactive ketones (excluding diaryl/α,β-unsaturated/α-hetero) is 1. The number of aryl methyl sites for hydroxylation is 1. The van der Waals surface area contributed by atoms with E-state index < -0.39 is 0 Å². The van der Waals surface area contributed by atoms with E-state index in [1.54, 1.807) is 6.92 Å². The molecule has 1 aromatic rings. The van der Waals surface area contributed by atoms with Crippen molar-refractivity contribution in [3.05, 3.63) is 34.8 Å². The number of hydrogen-bond acceptors (Lipinski definition) is 2. The number of ketones is 1. The highest BCUT2D eigenvalue weighted by atomic mass is 16.3. The van der Waals surface area contributed by atoms with E-state index in [0.717, 1.165) is 11.3 Å². The lowest BCUT2D eigenvalue weighted by atomic mass is 10.0. The van der Waals surface area contributed by atoms with Gasteiger partial charge in [0.1, 0.15) is 11.5 Å². The number of furan rings is 1.